The van der Waals surface area contributed by atoms with Gasteiger partial charge in [-0.1, -0.05) is 6.92 Å². The molecule has 3 N–H and O–H groups in total. The summed E-state index contributed by atoms with van der Waals surface area (Å²) in [7, 11) is 0. The molecule has 1 fully saturated rings. The highest BCUT2D eigenvalue weighted by atomic mass is 16.4. The molecule has 104 valence electrons. The summed E-state index contributed by atoms with van der Waals surface area (Å²) < 4.78 is 0. The number of nitrogens with one attached hydrogen (secondary N) is 2. The number of likely N-dealkylation sites (tertiary alicyclic amines) is 1. The molecule has 1 aromatic rings. The number of H-pyrrole nitrogens is 1. The van der Waals surface area contributed by atoms with E-state index in [-0.39, 0.29) is 12.1 Å². The van der Waals surface area contributed by atoms with E-state index in [1.165, 1.54) is 4.90 Å². The molecule has 0 spiro atoms. The summed E-state index contributed by atoms with van der Waals surface area (Å²) in [6.45, 7) is 2.42. The van der Waals surface area contributed by atoms with Gasteiger partial charge in [0.2, 0.25) is 0 Å². The molecule has 0 saturated carbocycles. The molecular formula is C12H18N4O3. The Morgan fingerprint density at radius 1 is 1.68 bits per heavy atom. The van der Waals surface area contributed by atoms with Crippen LogP contribution >= 0.6 is 0 Å². The van der Waals surface area contributed by atoms with E-state index in [1.807, 2.05) is 6.92 Å². The van der Waals surface area contributed by atoms with Gasteiger partial charge in [-0.3, -0.25) is 0 Å². The lowest BCUT2D eigenvalue weighted by Gasteiger charge is -2.24. The van der Waals surface area contributed by atoms with Crippen molar-refractivity contribution in [2.45, 2.75) is 38.3 Å². The normalized spacial score (nSPS) is 20.3. The van der Waals surface area contributed by atoms with Gasteiger partial charge in [0.15, 0.2) is 0 Å². The van der Waals surface area contributed by atoms with Gasteiger partial charge in [-0.2, -0.15) is 0 Å². The van der Waals surface area contributed by atoms with Gasteiger partial charge in [-0.25, -0.2) is 14.6 Å². The first-order chi connectivity index (χ1) is 9.13. The van der Waals surface area contributed by atoms with Crippen LogP contribution in [-0.4, -0.2) is 44.6 Å². The van der Waals surface area contributed by atoms with Crippen LogP contribution in [0.2, 0.25) is 0 Å². The maximum atomic E-state index is 12.1. The van der Waals surface area contributed by atoms with Gasteiger partial charge >= 0.3 is 12.0 Å². The monoisotopic (exact) mass is 266 g/mol. The molecule has 1 aliphatic rings. The third-order valence-electron chi connectivity index (χ3n) is 3.35. The minimum Gasteiger partial charge on any atom is -0.480 e. The number of imidazole rings is 1. The first kappa shape index (κ1) is 13.4. The van der Waals surface area contributed by atoms with E-state index in [4.69, 9.17) is 5.11 Å². The summed E-state index contributed by atoms with van der Waals surface area (Å²) in [6, 6.07) is -1.28. The average Bonchev–Trinajstić information content (AvgIpc) is 3.05. The summed E-state index contributed by atoms with van der Waals surface area (Å²) in [5.74, 6) is -0.263. The molecule has 0 aromatic carbocycles. The Bertz CT molecular complexity index is 446. The summed E-state index contributed by atoms with van der Waals surface area (Å²) in [5.41, 5.74) is 0. The Hall–Kier alpha value is -2.05. The molecule has 7 heteroatoms. The van der Waals surface area contributed by atoms with Crippen LogP contribution in [0.4, 0.5) is 4.79 Å². The lowest BCUT2D eigenvalue weighted by molar-refractivity contribution is -0.141. The van der Waals surface area contributed by atoms with Crippen LogP contribution in [0.5, 0.6) is 0 Å². The topological polar surface area (TPSA) is 98.3 Å². The summed E-state index contributed by atoms with van der Waals surface area (Å²) in [6.07, 6.45) is 5.24. The molecule has 0 bridgehead atoms. The van der Waals surface area contributed by atoms with E-state index in [2.05, 4.69) is 15.3 Å². The Morgan fingerprint density at radius 3 is 3.05 bits per heavy atom. The second-order valence-electron chi connectivity index (χ2n) is 4.57. The van der Waals surface area contributed by atoms with Gasteiger partial charge in [0, 0.05) is 18.9 Å². The fourth-order valence-electron chi connectivity index (χ4n) is 2.33. The zero-order valence-electron chi connectivity index (χ0n) is 10.8. The number of aromatic nitrogens is 2. The van der Waals surface area contributed by atoms with Crippen LogP contribution in [-0.2, 0) is 4.79 Å². The van der Waals surface area contributed by atoms with Crippen LogP contribution in [0.3, 0.4) is 0 Å². The van der Waals surface area contributed by atoms with E-state index in [0.29, 0.717) is 25.2 Å². The molecule has 19 heavy (non-hydrogen) atoms. The molecule has 2 atom stereocenters. The van der Waals surface area contributed by atoms with Crippen molar-refractivity contribution < 1.29 is 14.7 Å². The van der Waals surface area contributed by atoms with E-state index in [1.54, 1.807) is 12.4 Å². The van der Waals surface area contributed by atoms with Crippen LogP contribution < -0.4 is 5.32 Å². The number of carbonyl (C=O) groups excluding carboxylic acids is 1. The van der Waals surface area contributed by atoms with Crippen LogP contribution in [0.15, 0.2) is 12.4 Å². The number of nitrogens with zero attached hydrogens (tertiary/aromatic N) is 2. The second-order valence-corrected chi connectivity index (χ2v) is 4.57. The molecule has 2 heterocycles. The van der Waals surface area contributed by atoms with Crippen molar-refractivity contribution in [3.8, 4) is 0 Å². The fourth-order valence-corrected chi connectivity index (χ4v) is 2.33. The predicted molar refractivity (Wildman–Crippen MR) is 67.5 cm³/mol. The maximum absolute atomic E-state index is 12.1. The van der Waals surface area contributed by atoms with Gasteiger partial charge in [0.25, 0.3) is 0 Å². The van der Waals surface area contributed by atoms with Crippen molar-refractivity contribution >= 4 is 12.0 Å². The summed E-state index contributed by atoms with van der Waals surface area (Å²) >= 11 is 0. The molecule has 2 unspecified atom stereocenters. The predicted octanol–water partition coefficient (Wildman–Crippen LogP) is 1.12. The highest BCUT2D eigenvalue weighted by Crippen LogP contribution is 2.19. The minimum atomic E-state index is -0.946. The number of aromatic amines is 1. The van der Waals surface area contributed by atoms with Gasteiger partial charge in [-0.05, 0) is 19.3 Å². The van der Waals surface area contributed by atoms with Crippen molar-refractivity contribution in [3.63, 3.8) is 0 Å². The quantitative estimate of drug-likeness (QED) is 0.760. The van der Waals surface area contributed by atoms with Gasteiger partial charge in [-0.15, -0.1) is 0 Å². The van der Waals surface area contributed by atoms with E-state index >= 15 is 0 Å². The largest absolute Gasteiger partial charge is 0.480 e. The Morgan fingerprint density at radius 2 is 2.47 bits per heavy atom. The van der Waals surface area contributed by atoms with Crippen molar-refractivity contribution in [3.05, 3.63) is 18.2 Å². The molecule has 0 radical (unpaired) electrons. The molecule has 1 saturated heterocycles. The Labute approximate surface area is 111 Å². The summed E-state index contributed by atoms with van der Waals surface area (Å²) in [5, 5.41) is 11.9. The molecule has 2 rings (SSSR count). The molecule has 0 aliphatic carbocycles. The van der Waals surface area contributed by atoms with Gasteiger partial charge in [0.1, 0.15) is 11.9 Å². The number of urea groups is 1. The number of hydrogen-bond donors (Lipinski definition) is 3. The second kappa shape index (κ2) is 5.73. The molecule has 7 nitrogen and oxygen atoms in total. The third-order valence-corrected chi connectivity index (χ3v) is 3.35. The van der Waals surface area contributed by atoms with Crippen LogP contribution in [0.1, 0.15) is 38.1 Å². The van der Waals surface area contributed by atoms with E-state index in [9.17, 15) is 9.59 Å². The number of hydrogen-bond acceptors (Lipinski definition) is 3. The highest BCUT2D eigenvalue weighted by molar-refractivity contribution is 5.83. The lowest BCUT2D eigenvalue weighted by Crippen LogP contribution is -2.47. The third kappa shape index (κ3) is 2.86. The lowest BCUT2D eigenvalue weighted by atomic mass is 10.2. The molecule has 1 aliphatic heterocycles. The number of carboxylic acids is 1. The number of carbonyl (C=O) groups is 2. The standard InChI is InChI=1S/C12H18N4O3/c1-2-8(10-13-5-6-14-10)15-12(19)16-7-3-4-9(16)11(17)18/h5-6,8-9H,2-4,7H2,1H3,(H,13,14)(H,15,19)(H,17,18). The van der Waals surface area contributed by atoms with Crippen molar-refractivity contribution in [1.82, 2.24) is 20.2 Å². The first-order valence-corrected chi connectivity index (χ1v) is 6.42. The zero-order valence-corrected chi connectivity index (χ0v) is 10.8. The number of aliphatic carboxylic acids is 1. The van der Waals surface area contributed by atoms with Crippen molar-refractivity contribution in [1.29, 1.82) is 0 Å². The Kier molecular flexibility index (Phi) is 4.03. The number of amides is 2. The SMILES string of the molecule is CCC(NC(=O)N1CCCC1C(=O)O)c1ncc[nH]1. The zero-order chi connectivity index (χ0) is 13.8. The van der Waals surface area contributed by atoms with Crippen molar-refractivity contribution in [2.75, 3.05) is 6.54 Å². The summed E-state index contributed by atoms with van der Waals surface area (Å²) in [4.78, 5) is 31.7. The molecule has 1 aromatic heterocycles. The van der Waals surface area contributed by atoms with Crippen LogP contribution in [0.25, 0.3) is 0 Å². The van der Waals surface area contributed by atoms with E-state index in [0.717, 1.165) is 6.42 Å². The first-order valence-electron chi connectivity index (χ1n) is 6.42. The highest BCUT2D eigenvalue weighted by Gasteiger charge is 2.34. The Balaban J connectivity index is 2.02. The van der Waals surface area contributed by atoms with Crippen molar-refractivity contribution in [2.24, 2.45) is 0 Å². The van der Waals surface area contributed by atoms with Crippen LogP contribution in [0, 0.1) is 0 Å². The smallest absolute Gasteiger partial charge is 0.326 e. The fraction of sp³-hybridized carbons (Fsp3) is 0.583. The average molecular weight is 266 g/mol. The molecular weight excluding hydrogens is 248 g/mol. The maximum Gasteiger partial charge on any atom is 0.326 e. The van der Waals surface area contributed by atoms with Gasteiger partial charge in [0.05, 0.1) is 6.04 Å². The number of carboxylic acid groups (broad SMARTS) is 1. The van der Waals surface area contributed by atoms with Gasteiger partial charge < -0.3 is 20.3 Å². The minimum absolute atomic E-state index is 0.224. The molecule has 2 amide bonds. The van der Waals surface area contributed by atoms with E-state index < -0.39 is 12.0 Å². The number of rotatable bonds is 4.